The van der Waals surface area contributed by atoms with Crippen molar-refractivity contribution in [3.63, 3.8) is 0 Å². The molecular weight excluding hydrogens is 404 g/mol. The lowest BCUT2D eigenvalue weighted by Gasteiger charge is -2.05. The van der Waals surface area contributed by atoms with Gasteiger partial charge < -0.3 is 20.1 Å². The maximum absolute atomic E-state index is 13.2. The average molecular weight is 417 g/mol. The summed E-state index contributed by atoms with van der Waals surface area (Å²) in [6.07, 6.45) is 0. The lowest BCUT2D eigenvalue weighted by Crippen LogP contribution is -2.32. The zero-order chi connectivity index (χ0) is 20.4. The first kappa shape index (κ1) is 18.8. The molecule has 2 N–H and O–H groups in total. The molecule has 2 amide bonds. The van der Waals surface area contributed by atoms with Gasteiger partial charge in [0.2, 0.25) is 12.7 Å². The van der Waals surface area contributed by atoms with E-state index in [-0.39, 0.29) is 18.9 Å². The Hall–Kier alpha value is -3.53. The van der Waals surface area contributed by atoms with Gasteiger partial charge >= 0.3 is 0 Å². The number of anilines is 1. The van der Waals surface area contributed by atoms with Crippen LogP contribution in [0.2, 0.25) is 0 Å². The average Bonchev–Trinajstić information content (AvgIpc) is 3.33. The number of nitrogens with one attached hydrogen (secondary N) is 2. The van der Waals surface area contributed by atoms with Crippen LogP contribution in [-0.2, 0) is 4.79 Å². The van der Waals surface area contributed by atoms with Crippen molar-refractivity contribution in [3.8, 4) is 22.8 Å². The van der Waals surface area contributed by atoms with Crippen molar-refractivity contribution in [2.45, 2.75) is 0 Å². The molecule has 4 rings (SSSR count). The maximum atomic E-state index is 13.2. The van der Waals surface area contributed by atoms with Gasteiger partial charge in [0.1, 0.15) is 11.6 Å². The fourth-order valence-corrected chi connectivity index (χ4v) is 3.37. The fourth-order valence-electron chi connectivity index (χ4n) is 2.63. The molecule has 1 aromatic heterocycles. The van der Waals surface area contributed by atoms with Crippen LogP contribution >= 0.6 is 11.3 Å². The van der Waals surface area contributed by atoms with Gasteiger partial charge in [-0.3, -0.25) is 9.59 Å². The SMILES string of the molecule is O=C(CNC(=O)c1cc(F)cc(F)c1)Nc1nc(-c2ccc3c(c2)OCO3)cs1. The molecule has 1 aliphatic rings. The van der Waals surface area contributed by atoms with E-state index >= 15 is 0 Å². The second-order valence-corrected chi connectivity index (χ2v) is 6.85. The van der Waals surface area contributed by atoms with Crippen molar-refractivity contribution in [1.29, 1.82) is 0 Å². The van der Waals surface area contributed by atoms with Crippen molar-refractivity contribution in [3.05, 3.63) is 59.0 Å². The van der Waals surface area contributed by atoms with Crippen LogP contribution in [0.15, 0.2) is 41.8 Å². The van der Waals surface area contributed by atoms with Crippen LogP contribution in [-0.4, -0.2) is 30.1 Å². The van der Waals surface area contributed by atoms with Crippen molar-refractivity contribution >= 4 is 28.3 Å². The maximum Gasteiger partial charge on any atom is 0.251 e. The summed E-state index contributed by atoms with van der Waals surface area (Å²) in [7, 11) is 0. The van der Waals surface area contributed by atoms with E-state index in [2.05, 4.69) is 15.6 Å². The fraction of sp³-hybridized carbons (Fsp3) is 0.105. The Labute approximate surface area is 167 Å². The Kier molecular flexibility index (Phi) is 5.09. The standard InChI is InChI=1S/C19H13F2N3O4S/c20-12-3-11(4-13(21)6-12)18(26)22-7-17(25)24-19-23-14(8-29-19)10-1-2-15-16(5-10)28-9-27-15/h1-6,8H,7,9H2,(H,22,26)(H,23,24,25). The zero-order valence-electron chi connectivity index (χ0n) is 14.7. The van der Waals surface area contributed by atoms with Crippen LogP contribution in [0, 0.1) is 11.6 Å². The predicted octanol–water partition coefficient (Wildman–Crippen LogP) is 3.19. The number of hydrogen-bond donors (Lipinski definition) is 2. The Morgan fingerprint density at radius 1 is 1.07 bits per heavy atom. The Morgan fingerprint density at radius 2 is 1.83 bits per heavy atom. The quantitative estimate of drug-likeness (QED) is 0.666. The number of thiazole rings is 1. The third-order valence-corrected chi connectivity index (χ3v) is 4.71. The molecule has 0 atom stereocenters. The second kappa shape index (κ2) is 7.84. The highest BCUT2D eigenvalue weighted by molar-refractivity contribution is 7.14. The summed E-state index contributed by atoms with van der Waals surface area (Å²) in [6.45, 7) is -0.207. The molecule has 10 heteroatoms. The van der Waals surface area contributed by atoms with Crippen molar-refractivity contribution in [2.24, 2.45) is 0 Å². The van der Waals surface area contributed by atoms with E-state index in [0.717, 1.165) is 17.7 Å². The number of ether oxygens (including phenoxy) is 2. The van der Waals surface area contributed by atoms with Crippen molar-refractivity contribution in [1.82, 2.24) is 10.3 Å². The minimum atomic E-state index is -0.876. The Balaban J connectivity index is 1.35. The number of rotatable bonds is 5. The first-order valence-electron chi connectivity index (χ1n) is 8.37. The zero-order valence-corrected chi connectivity index (χ0v) is 15.5. The van der Waals surface area contributed by atoms with Gasteiger partial charge in [-0.1, -0.05) is 0 Å². The number of carbonyl (C=O) groups is 2. The summed E-state index contributed by atoms with van der Waals surface area (Å²) in [5.41, 5.74) is 1.23. The highest BCUT2D eigenvalue weighted by Gasteiger charge is 2.16. The second-order valence-electron chi connectivity index (χ2n) is 5.99. The highest BCUT2D eigenvalue weighted by atomic mass is 32.1. The third-order valence-electron chi connectivity index (χ3n) is 3.95. The molecular formula is C19H13F2N3O4S. The van der Waals surface area contributed by atoms with Crippen LogP contribution in [0.4, 0.5) is 13.9 Å². The molecule has 2 aromatic carbocycles. The third kappa shape index (κ3) is 4.32. The van der Waals surface area contributed by atoms with Crippen LogP contribution in [0.3, 0.4) is 0 Å². The van der Waals surface area contributed by atoms with Gasteiger partial charge in [-0.25, -0.2) is 13.8 Å². The number of aromatic nitrogens is 1. The van der Waals surface area contributed by atoms with E-state index in [9.17, 15) is 18.4 Å². The van der Waals surface area contributed by atoms with Gasteiger partial charge in [0.15, 0.2) is 16.6 Å². The van der Waals surface area contributed by atoms with E-state index in [4.69, 9.17) is 9.47 Å². The summed E-state index contributed by atoms with van der Waals surface area (Å²) in [4.78, 5) is 28.3. The monoisotopic (exact) mass is 417 g/mol. The molecule has 1 aliphatic heterocycles. The molecule has 0 fully saturated rings. The molecule has 0 bridgehead atoms. The largest absolute Gasteiger partial charge is 0.454 e. The molecule has 7 nitrogen and oxygen atoms in total. The van der Waals surface area contributed by atoms with Crippen LogP contribution in [0.25, 0.3) is 11.3 Å². The van der Waals surface area contributed by atoms with Gasteiger partial charge in [-0.2, -0.15) is 0 Å². The number of nitrogens with zero attached hydrogens (tertiary/aromatic N) is 1. The molecule has 2 heterocycles. The van der Waals surface area contributed by atoms with Crippen LogP contribution in [0.5, 0.6) is 11.5 Å². The molecule has 0 radical (unpaired) electrons. The van der Waals surface area contributed by atoms with Crippen LogP contribution in [0.1, 0.15) is 10.4 Å². The first-order chi connectivity index (χ1) is 14.0. The molecule has 0 aliphatic carbocycles. The summed E-state index contributed by atoms with van der Waals surface area (Å²) < 4.78 is 36.9. The van der Waals surface area contributed by atoms with E-state index in [1.807, 2.05) is 6.07 Å². The summed E-state index contributed by atoms with van der Waals surface area (Å²) >= 11 is 1.21. The Bertz CT molecular complexity index is 1080. The molecule has 0 saturated carbocycles. The topological polar surface area (TPSA) is 89.6 Å². The van der Waals surface area contributed by atoms with E-state index in [1.165, 1.54) is 11.3 Å². The van der Waals surface area contributed by atoms with Crippen LogP contribution < -0.4 is 20.1 Å². The minimum Gasteiger partial charge on any atom is -0.454 e. The molecule has 0 unspecified atom stereocenters. The smallest absolute Gasteiger partial charge is 0.251 e. The number of benzene rings is 2. The molecule has 148 valence electrons. The number of halogens is 2. The molecule has 0 saturated heterocycles. The van der Waals surface area contributed by atoms with Gasteiger partial charge in [0.25, 0.3) is 5.91 Å². The molecule has 3 aromatic rings. The summed E-state index contributed by atoms with van der Waals surface area (Å²) in [5.74, 6) is -1.76. The van der Waals surface area contributed by atoms with E-state index in [1.54, 1.807) is 17.5 Å². The van der Waals surface area contributed by atoms with Gasteiger partial charge in [-0.15, -0.1) is 11.3 Å². The number of hydrogen-bond acceptors (Lipinski definition) is 6. The van der Waals surface area contributed by atoms with Gasteiger partial charge in [0.05, 0.1) is 12.2 Å². The number of carbonyl (C=O) groups excluding carboxylic acids is 2. The normalized spacial score (nSPS) is 11.9. The van der Waals surface area contributed by atoms with E-state index in [0.29, 0.717) is 28.4 Å². The van der Waals surface area contributed by atoms with Gasteiger partial charge in [0, 0.05) is 22.6 Å². The minimum absolute atomic E-state index is 0.172. The van der Waals surface area contributed by atoms with Crippen molar-refractivity contribution < 1.29 is 27.8 Å². The lowest BCUT2D eigenvalue weighted by atomic mass is 10.1. The number of amides is 2. The molecule has 29 heavy (non-hydrogen) atoms. The van der Waals surface area contributed by atoms with E-state index < -0.39 is 23.4 Å². The molecule has 0 spiro atoms. The van der Waals surface area contributed by atoms with Crippen molar-refractivity contribution in [2.75, 3.05) is 18.7 Å². The Morgan fingerprint density at radius 3 is 2.62 bits per heavy atom. The van der Waals surface area contributed by atoms with Gasteiger partial charge in [-0.05, 0) is 30.3 Å². The highest BCUT2D eigenvalue weighted by Crippen LogP contribution is 2.36. The summed E-state index contributed by atoms with van der Waals surface area (Å²) in [6, 6.07) is 7.82. The summed E-state index contributed by atoms with van der Waals surface area (Å²) in [5, 5.41) is 6.97. The predicted molar refractivity (Wildman–Crippen MR) is 101 cm³/mol. The first-order valence-corrected chi connectivity index (χ1v) is 9.25. The number of fused-ring (bicyclic) bond motifs is 1. The lowest BCUT2D eigenvalue weighted by molar-refractivity contribution is -0.115.